The number of alkyl halides is 3. The fourth-order valence-corrected chi connectivity index (χ4v) is 1.15. The van der Waals surface area contributed by atoms with Crippen molar-refractivity contribution in [1.29, 1.82) is 0 Å². The predicted octanol–water partition coefficient (Wildman–Crippen LogP) is 5.89. The van der Waals surface area contributed by atoms with Crippen LogP contribution < -0.4 is 0 Å². The molecule has 2 atom stereocenters. The fraction of sp³-hybridized carbons (Fsp3) is 0.552. The van der Waals surface area contributed by atoms with E-state index >= 15 is 0 Å². The van der Waals surface area contributed by atoms with Gasteiger partial charge < -0.3 is 33.2 Å². The Bertz CT molecular complexity index is 815. The third-order valence-corrected chi connectivity index (χ3v) is 4.02. The number of esters is 3. The summed E-state index contributed by atoms with van der Waals surface area (Å²) in [7, 11) is 6.69. The number of hydrogen-bond acceptors (Lipinski definition) is 10. The standard InChI is InChI=1S/C5H5F3O2.C5H8O2.C5H10O.C4H6O2.C4H8O.2C3H6O/c1-3(4(9)10-2)5(6,7)8;1-4(2)5(6)7-3;1-4-5(2,3)6-4;1-3-4(5)6-2;1-3-4-5-2;1-3-2-4-3;1-3-4-2/h1H2,2H3;1H2,2-3H3;4H,1-3H3;3H,1H2,2H3;3-4H,1-2H3;3H,2H2,1H3;3H,1H2,2H3/b;;;;4-3+;;. The van der Waals surface area contributed by atoms with Crippen molar-refractivity contribution < 1.29 is 60.7 Å². The lowest BCUT2D eigenvalue weighted by Crippen LogP contribution is -2.19. The first-order chi connectivity index (χ1) is 19.2. The molecule has 246 valence electrons. The monoisotopic (exact) mass is 614 g/mol. The number of allylic oxidation sites excluding steroid dienone is 1. The molecule has 0 spiro atoms. The van der Waals surface area contributed by atoms with Crippen LogP contribution in [-0.4, -0.2) is 84.0 Å². The highest BCUT2D eigenvalue weighted by molar-refractivity contribution is 5.89. The number of halogens is 3. The number of ether oxygens (including phenoxy) is 7. The zero-order valence-electron chi connectivity index (χ0n) is 26.7. The maximum absolute atomic E-state index is 11.5. The molecule has 10 nitrogen and oxygen atoms in total. The van der Waals surface area contributed by atoms with Gasteiger partial charge in [0, 0.05) is 11.6 Å². The van der Waals surface area contributed by atoms with E-state index in [-0.39, 0.29) is 11.6 Å². The molecule has 0 N–H and O–H groups in total. The first-order valence-electron chi connectivity index (χ1n) is 12.1. The van der Waals surface area contributed by atoms with Crippen LogP contribution in [0.4, 0.5) is 13.2 Å². The minimum Gasteiger partial charge on any atom is -0.505 e. The van der Waals surface area contributed by atoms with Gasteiger partial charge in [0.2, 0.25) is 0 Å². The van der Waals surface area contributed by atoms with Crippen LogP contribution in [0.3, 0.4) is 0 Å². The summed E-state index contributed by atoms with van der Waals surface area (Å²) in [6, 6.07) is 0. The molecule has 2 aliphatic heterocycles. The Hall–Kier alpha value is -3.58. The molecule has 0 saturated carbocycles. The molecule has 2 aliphatic rings. The Kier molecular flexibility index (Phi) is 33.2. The molecule has 0 amide bonds. The molecule has 2 fully saturated rings. The molecule has 2 saturated heterocycles. The van der Waals surface area contributed by atoms with E-state index in [4.69, 9.17) is 9.47 Å². The van der Waals surface area contributed by atoms with Gasteiger partial charge in [-0.3, -0.25) is 0 Å². The summed E-state index contributed by atoms with van der Waals surface area (Å²) in [4.78, 5) is 30.1. The second kappa shape index (κ2) is 28.9. The number of hydrogen-bond donors (Lipinski definition) is 0. The average Bonchev–Trinajstić information content (AvgIpc) is 3.85. The quantitative estimate of drug-likeness (QED) is 0.122. The minimum absolute atomic E-state index is 0.208. The van der Waals surface area contributed by atoms with Gasteiger partial charge in [-0.25, -0.2) is 14.4 Å². The number of rotatable bonds is 5. The molecule has 0 bridgehead atoms. The van der Waals surface area contributed by atoms with Crippen LogP contribution >= 0.6 is 0 Å². The van der Waals surface area contributed by atoms with Gasteiger partial charge in [0.15, 0.2) is 0 Å². The van der Waals surface area contributed by atoms with Crippen LogP contribution in [-0.2, 0) is 47.5 Å². The normalized spacial score (nSPS) is 15.9. The molecular formula is C29H49F3O10. The lowest BCUT2D eigenvalue weighted by Gasteiger charge is -2.05. The van der Waals surface area contributed by atoms with Gasteiger partial charge in [-0.05, 0) is 41.5 Å². The van der Waals surface area contributed by atoms with E-state index in [9.17, 15) is 27.6 Å². The van der Waals surface area contributed by atoms with Crippen molar-refractivity contribution in [2.75, 3.05) is 42.2 Å². The summed E-state index contributed by atoms with van der Waals surface area (Å²) in [6.07, 6.45) is 2.34. The van der Waals surface area contributed by atoms with Gasteiger partial charge in [0.1, 0.15) is 5.57 Å². The van der Waals surface area contributed by atoms with Gasteiger partial charge in [-0.2, -0.15) is 13.2 Å². The van der Waals surface area contributed by atoms with Gasteiger partial charge in [0.25, 0.3) is 0 Å². The van der Waals surface area contributed by atoms with Crippen molar-refractivity contribution in [3.05, 3.63) is 62.1 Å². The molecule has 0 aromatic carbocycles. The molecule has 2 heterocycles. The number of epoxide rings is 2. The highest BCUT2D eigenvalue weighted by Gasteiger charge is 2.43. The van der Waals surface area contributed by atoms with Crippen molar-refractivity contribution in [3.8, 4) is 0 Å². The molecule has 0 aliphatic carbocycles. The second-order valence-corrected chi connectivity index (χ2v) is 8.08. The smallest absolute Gasteiger partial charge is 0.422 e. The molecule has 13 heteroatoms. The summed E-state index contributed by atoms with van der Waals surface area (Å²) in [5, 5.41) is 0. The van der Waals surface area contributed by atoms with E-state index in [1.54, 1.807) is 27.4 Å². The van der Waals surface area contributed by atoms with E-state index in [1.165, 1.54) is 20.5 Å². The van der Waals surface area contributed by atoms with Crippen LogP contribution in [0.1, 0.15) is 41.5 Å². The van der Waals surface area contributed by atoms with Crippen molar-refractivity contribution in [1.82, 2.24) is 0 Å². The average molecular weight is 615 g/mol. The van der Waals surface area contributed by atoms with Crippen molar-refractivity contribution in [2.45, 2.75) is 65.5 Å². The maximum atomic E-state index is 11.5. The molecule has 42 heavy (non-hydrogen) atoms. The van der Waals surface area contributed by atoms with E-state index in [2.05, 4.69) is 77.7 Å². The van der Waals surface area contributed by atoms with E-state index in [0.717, 1.165) is 19.8 Å². The molecule has 0 aromatic heterocycles. The third kappa shape index (κ3) is 40.9. The lowest BCUT2D eigenvalue weighted by molar-refractivity contribution is -0.148. The van der Waals surface area contributed by atoms with Gasteiger partial charge in [-0.1, -0.05) is 32.4 Å². The Morgan fingerprint density at radius 2 is 1.26 bits per heavy atom. The highest BCUT2D eigenvalue weighted by Crippen LogP contribution is 2.33. The topological polar surface area (TPSA) is 122 Å². The largest absolute Gasteiger partial charge is 0.505 e. The summed E-state index contributed by atoms with van der Waals surface area (Å²) >= 11 is 0. The number of carbonyl (C=O) groups excluding carboxylic acids is 3. The number of methoxy groups -OCH3 is 5. The summed E-state index contributed by atoms with van der Waals surface area (Å²) < 4.78 is 65.3. The Morgan fingerprint density at radius 3 is 1.29 bits per heavy atom. The lowest BCUT2D eigenvalue weighted by atomic mass is 10.2. The van der Waals surface area contributed by atoms with Crippen LogP contribution in [0.15, 0.2) is 62.1 Å². The summed E-state index contributed by atoms with van der Waals surface area (Å²) in [6.45, 7) is 25.1. The van der Waals surface area contributed by atoms with E-state index < -0.39 is 23.7 Å². The molecule has 2 unspecified atom stereocenters. The molecular weight excluding hydrogens is 565 g/mol. The second-order valence-electron chi connectivity index (χ2n) is 8.08. The summed E-state index contributed by atoms with van der Waals surface area (Å²) in [5.41, 5.74) is -0.850. The zero-order chi connectivity index (χ0) is 34.5. The Balaban J connectivity index is -0.000000130. The van der Waals surface area contributed by atoms with Crippen molar-refractivity contribution in [3.63, 3.8) is 0 Å². The number of carbonyl (C=O) groups is 3. The van der Waals surface area contributed by atoms with Gasteiger partial charge >= 0.3 is 24.1 Å². The van der Waals surface area contributed by atoms with Crippen molar-refractivity contribution in [2.24, 2.45) is 0 Å². The molecule has 0 radical (unpaired) electrons. The van der Waals surface area contributed by atoms with Gasteiger partial charge in [-0.15, -0.1) is 0 Å². The van der Waals surface area contributed by atoms with Crippen LogP contribution in [0.25, 0.3) is 0 Å². The van der Waals surface area contributed by atoms with Crippen molar-refractivity contribution >= 4 is 17.9 Å². The SMILES string of the molecule is C/C=C/OC.C=C(C(=O)OC)C(F)(F)F.C=C(C)C(=O)OC.C=CC(=O)OC.C=COC.CC1CO1.CC1OC1(C)C. The van der Waals surface area contributed by atoms with Crippen LogP contribution in [0, 0.1) is 0 Å². The minimum atomic E-state index is -4.69. The fourth-order valence-electron chi connectivity index (χ4n) is 1.15. The predicted molar refractivity (Wildman–Crippen MR) is 155 cm³/mol. The van der Waals surface area contributed by atoms with Gasteiger partial charge in [0.05, 0.1) is 72.5 Å². The van der Waals surface area contributed by atoms with E-state index in [1.807, 2.05) is 13.0 Å². The van der Waals surface area contributed by atoms with E-state index in [0.29, 0.717) is 17.8 Å². The maximum Gasteiger partial charge on any atom is 0.422 e. The Labute approximate surface area is 248 Å². The third-order valence-electron chi connectivity index (χ3n) is 4.02. The van der Waals surface area contributed by atoms with Crippen LogP contribution in [0.5, 0.6) is 0 Å². The Morgan fingerprint density at radius 1 is 0.905 bits per heavy atom. The zero-order valence-corrected chi connectivity index (χ0v) is 26.7. The molecule has 0 aromatic rings. The van der Waals surface area contributed by atoms with Crippen LogP contribution in [0.2, 0.25) is 0 Å². The first-order valence-corrected chi connectivity index (χ1v) is 12.1. The highest BCUT2D eigenvalue weighted by atomic mass is 19.4. The molecule has 2 rings (SSSR count). The summed E-state index contributed by atoms with van der Waals surface area (Å²) in [5.74, 6) is -2.19. The first kappa shape index (κ1) is 48.2.